The number of carbonyl (C=O) groups is 3. The summed E-state index contributed by atoms with van der Waals surface area (Å²) < 4.78 is 5.07. The first kappa shape index (κ1) is 18.7. The van der Waals surface area contributed by atoms with E-state index in [1.165, 1.54) is 18.3 Å². The van der Waals surface area contributed by atoms with Gasteiger partial charge in [-0.2, -0.15) is 0 Å². The van der Waals surface area contributed by atoms with E-state index in [9.17, 15) is 14.4 Å². The monoisotopic (exact) mass is 360 g/mol. The van der Waals surface area contributed by atoms with Crippen LogP contribution in [0.25, 0.3) is 0 Å². The lowest BCUT2D eigenvalue weighted by Crippen LogP contribution is -2.36. The van der Waals surface area contributed by atoms with Gasteiger partial charge in [-0.3, -0.25) is 14.4 Å². The van der Waals surface area contributed by atoms with E-state index in [-0.39, 0.29) is 24.8 Å². The molecule has 2 rings (SSSR count). The Morgan fingerprint density at radius 1 is 1.08 bits per heavy atom. The van der Waals surface area contributed by atoms with Gasteiger partial charge >= 0.3 is 5.97 Å². The van der Waals surface area contributed by atoms with Crippen molar-refractivity contribution in [1.29, 1.82) is 0 Å². The highest BCUT2D eigenvalue weighted by Gasteiger charge is 2.17. The number of ether oxygens (including phenoxy) is 1. The third-order valence-electron chi connectivity index (χ3n) is 3.35. The van der Waals surface area contributed by atoms with Gasteiger partial charge in [-0.15, -0.1) is 11.3 Å². The minimum absolute atomic E-state index is 0.00736. The number of nitrogens with one attached hydrogen (secondary N) is 2. The zero-order chi connectivity index (χ0) is 18.1. The molecule has 0 aliphatic rings. The Morgan fingerprint density at radius 3 is 2.52 bits per heavy atom. The summed E-state index contributed by atoms with van der Waals surface area (Å²) in [4.78, 5) is 36.0. The van der Waals surface area contributed by atoms with E-state index in [0.717, 1.165) is 5.56 Å². The molecule has 0 radical (unpaired) electrons. The van der Waals surface area contributed by atoms with Crippen molar-refractivity contribution in [1.82, 2.24) is 10.6 Å². The van der Waals surface area contributed by atoms with Gasteiger partial charge in [0.25, 0.3) is 11.8 Å². The molecule has 1 heterocycles. The lowest BCUT2D eigenvalue weighted by atomic mass is 10.2. The van der Waals surface area contributed by atoms with Crippen LogP contribution in [0.2, 0.25) is 0 Å². The van der Waals surface area contributed by atoms with Crippen LogP contribution in [0.15, 0.2) is 47.8 Å². The molecule has 0 saturated heterocycles. The predicted molar refractivity (Wildman–Crippen MR) is 95.1 cm³/mol. The number of esters is 1. The number of hydrogen-bond acceptors (Lipinski definition) is 5. The molecule has 2 amide bonds. The van der Waals surface area contributed by atoms with Crippen molar-refractivity contribution >= 4 is 29.1 Å². The lowest BCUT2D eigenvalue weighted by Gasteiger charge is -2.13. The van der Waals surface area contributed by atoms with Gasteiger partial charge in [-0.05, 0) is 23.9 Å². The molecule has 0 bridgehead atoms. The van der Waals surface area contributed by atoms with E-state index >= 15 is 0 Å². The maximum Gasteiger partial charge on any atom is 0.308 e. The van der Waals surface area contributed by atoms with Gasteiger partial charge in [-0.25, -0.2) is 0 Å². The van der Waals surface area contributed by atoms with Crippen LogP contribution in [0.1, 0.15) is 28.6 Å². The second kappa shape index (κ2) is 9.58. The Labute approximate surface area is 150 Å². The molecule has 2 N–H and O–H groups in total. The highest BCUT2D eigenvalue weighted by molar-refractivity contribution is 7.12. The molecule has 6 nitrogen and oxygen atoms in total. The van der Waals surface area contributed by atoms with E-state index in [0.29, 0.717) is 11.4 Å². The van der Waals surface area contributed by atoms with Crippen molar-refractivity contribution in [3.05, 3.63) is 58.3 Å². The maximum absolute atomic E-state index is 11.9. The Hall–Kier alpha value is -2.67. The fourth-order valence-corrected chi connectivity index (χ4v) is 2.65. The minimum Gasteiger partial charge on any atom is -0.452 e. The van der Waals surface area contributed by atoms with Crippen molar-refractivity contribution < 1.29 is 19.1 Å². The van der Waals surface area contributed by atoms with Gasteiger partial charge in [0.05, 0.1) is 11.3 Å². The third kappa shape index (κ3) is 6.39. The Kier molecular flexibility index (Phi) is 7.16. The molecule has 1 atom stereocenters. The molecule has 0 aliphatic carbocycles. The van der Waals surface area contributed by atoms with Gasteiger partial charge in [0.1, 0.15) is 0 Å². The zero-order valence-corrected chi connectivity index (χ0v) is 14.7. The number of hydrogen-bond donors (Lipinski definition) is 2. The van der Waals surface area contributed by atoms with Crippen LogP contribution >= 0.6 is 11.3 Å². The molecule has 0 aliphatic heterocycles. The molecule has 0 saturated carbocycles. The van der Waals surface area contributed by atoms with E-state index in [1.54, 1.807) is 17.5 Å². The Morgan fingerprint density at radius 2 is 1.84 bits per heavy atom. The number of rotatable bonds is 8. The molecule has 1 unspecified atom stereocenters. The highest BCUT2D eigenvalue weighted by atomic mass is 32.1. The second-order valence-corrected chi connectivity index (χ2v) is 6.27. The molecule has 7 heteroatoms. The normalized spacial score (nSPS) is 11.4. The first-order valence-electron chi connectivity index (χ1n) is 7.89. The number of amides is 2. The van der Waals surface area contributed by atoms with Crippen molar-refractivity contribution in [2.75, 3.05) is 6.54 Å². The van der Waals surface area contributed by atoms with Gasteiger partial charge in [-0.1, -0.05) is 36.4 Å². The van der Waals surface area contributed by atoms with Crippen LogP contribution in [-0.2, 0) is 20.9 Å². The largest absolute Gasteiger partial charge is 0.452 e. The minimum atomic E-state index is -0.885. The fraction of sp³-hybridized carbons (Fsp3) is 0.278. The summed E-state index contributed by atoms with van der Waals surface area (Å²) in [6.07, 6.45) is -0.878. The summed E-state index contributed by atoms with van der Waals surface area (Å²) in [7, 11) is 0. The molecule has 1 aromatic carbocycles. The highest BCUT2D eigenvalue weighted by Crippen LogP contribution is 2.07. The summed E-state index contributed by atoms with van der Waals surface area (Å²) in [6.45, 7) is 2.05. The quantitative estimate of drug-likeness (QED) is 0.706. The average Bonchev–Trinajstić information content (AvgIpc) is 3.15. The smallest absolute Gasteiger partial charge is 0.308 e. The van der Waals surface area contributed by atoms with Crippen molar-refractivity contribution in [3.63, 3.8) is 0 Å². The van der Waals surface area contributed by atoms with Gasteiger partial charge in [0.15, 0.2) is 6.10 Å². The summed E-state index contributed by atoms with van der Waals surface area (Å²) >= 11 is 1.33. The van der Waals surface area contributed by atoms with E-state index in [4.69, 9.17) is 4.74 Å². The molecule has 0 fully saturated rings. The zero-order valence-electron chi connectivity index (χ0n) is 13.9. The Bertz CT molecular complexity index is 701. The van der Waals surface area contributed by atoms with Gasteiger partial charge in [0, 0.05) is 13.1 Å². The molecule has 132 valence electrons. The molecular weight excluding hydrogens is 340 g/mol. The van der Waals surface area contributed by atoms with E-state index < -0.39 is 12.1 Å². The van der Waals surface area contributed by atoms with Crippen molar-refractivity contribution in [2.45, 2.75) is 26.0 Å². The maximum atomic E-state index is 11.9. The van der Waals surface area contributed by atoms with Gasteiger partial charge < -0.3 is 15.4 Å². The van der Waals surface area contributed by atoms with Crippen LogP contribution < -0.4 is 10.6 Å². The second-order valence-electron chi connectivity index (χ2n) is 5.32. The van der Waals surface area contributed by atoms with Crippen LogP contribution in [0.4, 0.5) is 0 Å². The predicted octanol–water partition coefficient (Wildman–Crippen LogP) is 2.12. The standard InChI is InChI=1S/C18H20N2O4S/c1-13(17(22)20-12-14-6-3-2-4-7-14)24-16(21)9-10-19-18(23)15-8-5-11-25-15/h2-8,11,13H,9-10,12H2,1H3,(H,19,23)(H,20,22). The number of benzene rings is 1. The lowest BCUT2D eigenvalue weighted by molar-refractivity contribution is -0.154. The summed E-state index contributed by atoms with van der Waals surface area (Å²) in [5.41, 5.74) is 0.964. The topological polar surface area (TPSA) is 84.5 Å². The molecule has 1 aromatic heterocycles. The molecule has 25 heavy (non-hydrogen) atoms. The summed E-state index contributed by atoms with van der Waals surface area (Å²) in [6, 6.07) is 12.9. The van der Waals surface area contributed by atoms with E-state index in [1.807, 2.05) is 30.3 Å². The third-order valence-corrected chi connectivity index (χ3v) is 4.22. The summed E-state index contributed by atoms with van der Waals surface area (Å²) in [5.74, 6) is -1.12. The SMILES string of the molecule is CC(OC(=O)CCNC(=O)c1cccs1)C(=O)NCc1ccccc1. The van der Waals surface area contributed by atoms with Crippen LogP contribution in [0, 0.1) is 0 Å². The first-order chi connectivity index (χ1) is 12.1. The van der Waals surface area contributed by atoms with Crippen LogP contribution in [0.5, 0.6) is 0 Å². The summed E-state index contributed by atoms with van der Waals surface area (Å²) in [5, 5.41) is 7.15. The fourth-order valence-electron chi connectivity index (χ4n) is 2.01. The number of thiophene rings is 1. The van der Waals surface area contributed by atoms with Gasteiger partial charge in [0.2, 0.25) is 0 Å². The van der Waals surface area contributed by atoms with Crippen molar-refractivity contribution in [2.24, 2.45) is 0 Å². The van der Waals surface area contributed by atoms with Crippen LogP contribution in [-0.4, -0.2) is 30.4 Å². The van der Waals surface area contributed by atoms with Crippen LogP contribution in [0.3, 0.4) is 0 Å². The average molecular weight is 360 g/mol. The molecule has 2 aromatic rings. The molecule has 0 spiro atoms. The number of carbonyl (C=O) groups excluding carboxylic acids is 3. The first-order valence-corrected chi connectivity index (χ1v) is 8.77. The van der Waals surface area contributed by atoms with Crippen molar-refractivity contribution in [3.8, 4) is 0 Å². The Balaban J connectivity index is 1.65. The molecular formula is C18H20N2O4S. The van der Waals surface area contributed by atoms with E-state index in [2.05, 4.69) is 10.6 Å².